The molecular weight excluding hydrogens is 574 g/mol. The SMILES string of the molecule is CNC(=O)[C@H](Cc1ccccc1)N(Cc1cccc(Cl)c1)C(=O)CN(c1ccccc1)S(=O)(=O)c1ccc(OC)cc1. The van der Waals surface area contributed by atoms with Gasteiger partial charge in [-0.15, -0.1) is 0 Å². The van der Waals surface area contributed by atoms with Crippen molar-refractivity contribution in [1.82, 2.24) is 10.2 Å². The van der Waals surface area contributed by atoms with Gasteiger partial charge in [0, 0.05) is 25.0 Å². The molecule has 0 aliphatic rings. The molecule has 0 fully saturated rings. The molecule has 42 heavy (non-hydrogen) atoms. The first-order valence-electron chi connectivity index (χ1n) is 13.2. The average Bonchev–Trinajstić information content (AvgIpc) is 3.02. The van der Waals surface area contributed by atoms with Gasteiger partial charge in [0.05, 0.1) is 17.7 Å². The lowest BCUT2D eigenvalue weighted by molar-refractivity contribution is -0.139. The second-order valence-electron chi connectivity index (χ2n) is 9.49. The van der Waals surface area contributed by atoms with E-state index in [2.05, 4.69) is 5.32 Å². The number of para-hydroxylation sites is 1. The maximum absolute atomic E-state index is 14.2. The number of rotatable bonds is 12. The molecule has 0 saturated heterocycles. The summed E-state index contributed by atoms with van der Waals surface area (Å²) in [4.78, 5) is 28.9. The number of carbonyl (C=O) groups excluding carboxylic acids is 2. The van der Waals surface area contributed by atoms with Crippen molar-refractivity contribution in [3.05, 3.63) is 125 Å². The van der Waals surface area contributed by atoms with Crippen molar-refractivity contribution in [2.45, 2.75) is 23.9 Å². The predicted molar refractivity (Wildman–Crippen MR) is 164 cm³/mol. The van der Waals surface area contributed by atoms with E-state index < -0.39 is 28.5 Å². The van der Waals surface area contributed by atoms with Gasteiger partial charge < -0.3 is 15.0 Å². The van der Waals surface area contributed by atoms with E-state index in [1.807, 2.05) is 30.3 Å². The van der Waals surface area contributed by atoms with Crippen LogP contribution in [0.15, 0.2) is 114 Å². The summed E-state index contributed by atoms with van der Waals surface area (Å²) in [5.41, 5.74) is 1.85. The molecule has 0 aliphatic heterocycles. The Kier molecular flexibility index (Phi) is 10.2. The van der Waals surface area contributed by atoms with Crippen LogP contribution in [-0.4, -0.2) is 51.9 Å². The second kappa shape index (κ2) is 14.0. The number of benzene rings is 4. The number of ether oxygens (including phenoxy) is 1. The van der Waals surface area contributed by atoms with Gasteiger partial charge in [0.15, 0.2) is 0 Å². The summed E-state index contributed by atoms with van der Waals surface area (Å²) in [6.45, 7) is -0.503. The van der Waals surface area contributed by atoms with E-state index in [9.17, 15) is 18.0 Å². The molecule has 0 heterocycles. The minimum Gasteiger partial charge on any atom is -0.497 e. The van der Waals surface area contributed by atoms with Crippen LogP contribution in [0, 0.1) is 0 Å². The number of nitrogens with one attached hydrogen (secondary N) is 1. The van der Waals surface area contributed by atoms with Crippen LogP contribution < -0.4 is 14.4 Å². The molecule has 0 aromatic heterocycles. The highest BCUT2D eigenvalue weighted by molar-refractivity contribution is 7.92. The first-order chi connectivity index (χ1) is 20.2. The number of likely N-dealkylation sites (N-methyl/N-ethyl adjacent to an activating group) is 1. The molecule has 10 heteroatoms. The number of methoxy groups -OCH3 is 1. The molecule has 0 saturated carbocycles. The van der Waals surface area contributed by atoms with Crippen molar-refractivity contribution >= 4 is 39.1 Å². The van der Waals surface area contributed by atoms with Gasteiger partial charge in [-0.05, 0) is 59.7 Å². The quantitative estimate of drug-likeness (QED) is 0.247. The second-order valence-corrected chi connectivity index (χ2v) is 11.8. The largest absolute Gasteiger partial charge is 0.497 e. The monoisotopic (exact) mass is 605 g/mol. The smallest absolute Gasteiger partial charge is 0.264 e. The van der Waals surface area contributed by atoms with E-state index >= 15 is 0 Å². The highest BCUT2D eigenvalue weighted by Gasteiger charge is 2.34. The molecule has 0 aliphatic carbocycles. The maximum atomic E-state index is 14.2. The van der Waals surface area contributed by atoms with Crippen molar-refractivity contribution in [3.63, 3.8) is 0 Å². The van der Waals surface area contributed by atoms with Gasteiger partial charge in [-0.2, -0.15) is 0 Å². The lowest BCUT2D eigenvalue weighted by Crippen LogP contribution is -2.53. The Labute approximate surface area is 251 Å². The van der Waals surface area contributed by atoms with Crippen molar-refractivity contribution in [3.8, 4) is 5.75 Å². The molecule has 0 bridgehead atoms. The Morgan fingerprint density at radius 3 is 2.07 bits per heavy atom. The molecule has 1 N–H and O–H groups in total. The third-order valence-corrected chi connectivity index (χ3v) is 8.75. The fourth-order valence-electron chi connectivity index (χ4n) is 4.55. The Morgan fingerprint density at radius 2 is 1.48 bits per heavy atom. The van der Waals surface area contributed by atoms with Crippen LogP contribution in [0.25, 0.3) is 0 Å². The molecular formula is C32H32ClN3O5S. The van der Waals surface area contributed by atoms with E-state index in [4.69, 9.17) is 16.3 Å². The Balaban J connectivity index is 1.76. The maximum Gasteiger partial charge on any atom is 0.264 e. The highest BCUT2D eigenvalue weighted by Crippen LogP contribution is 2.26. The van der Waals surface area contributed by atoms with Gasteiger partial charge in [0.1, 0.15) is 18.3 Å². The zero-order chi connectivity index (χ0) is 30.1. The van der Waals surface area contributed by atoms with Crippen molar-refractivity contribution < 1.29 is 22.7 Å². The fraction of sp³-hybridized carbons (Fsp3) is 0.188. The molecule has 218 valence electrons. The normalized spacial score (nSPS) is 11.8. The zero-order valence-electron chi connectivity index (χ0n) is 23.3. The van der Waals surface area contributed by atoms with Crippen LogP contribution >= 0.6 is 11.6 Å². The average molecular weight is 606 g/mol. The number of hydrogen-bond acceptors (Lipinski definition) is 5. The molecule has 0 radical (unpaired) electrons. The van der Waals surface area contributed by atoms with E-state index in [0.29, 0.717) is 22.0 Å². The summed E-state index contributed by atoms with van der Waals surface area (Å²) in [5, 5.41) is 3.15. The standard InChI is InChI=1S/C32H32ClN3O5S/c1-34-32(38)30(21-24-10-5-3-6-11-24)35(22-25-12-9-13-26(33)20-25)31(37)23-36(27-14-7-4-8-15-27)42(39,40)29-18-16-28(41-2)17-19-29/h3-20,30H,21-23H2,1-2H3,(H,34,38)/t30-/m0/s1. The van der Waals surface area contributed by atoms with Crippen molar-refractivity contribution in [2.75, 3.05) is 25.0 Å². The number of sulfonamides is 1. The van der Waals surface area contributed by atoms with E-state index in [-0.39, 0.29) is 23.8 Å². The summed E-state index contributed by atoms with van der Waals surface area (Å²) in [6.07, 6.45) is 0.226. The number of anilines is 1. The summed E-state index contributed by atoms with van der Waals surface area (Å²) >= 11 is 6.24. The van der Waals surface area contributed by atoms with Crippen LogP contribution in [0.3, 0.4) is 0 Å². The summed E-state index contributed by atoms with van der Waals surface area (Å²) in [7, 11) is -1.19. The number of carbonyl (C=O) groups is 2. The molecule has 1 atom stereocenters. The van der Waals surface area contributed by atoms with Crippen molar-refractivity contribution in [2.24, 2.45) is 0 Å². The first-order valence-corrected chi connectivity index (χ1v) is 15.1. The molecule has 0 spiro atoms. The number of halogens is 1. The van der Waals surface area contributed by atoms with E-state index in [1.165, 1.54) is 31.2 Å². The van der Waals surface area contributed by atoms with E-state index in [1.54, 1.807) is 66.7 Å². The highest BCUT2D eigenvalue weighted by atomic mass is 35.5. The van der Waals surface area contributed by atoms with Crippen LogP contribution in [0.1, 0.15) is 11.1 Å². The Morgan fingerprint density at radius 1 is 0.857 bits per heavy atom. The van der Waals surface area contributed by atoms with Gasteiger partial charge >= 0.3 is 0 Å². The molecule has 0 unspecified atom stereocenters. The number of amides is 2. The Bertz CT molecular complexity index is 1600. The molecule has 8 nitrogen and oxygen atoms in total. The van der Waals surface area contributed by atoms with Crippen LogP contribution in [0.2, 0.25) is 5.02 Å². The third kappa shape index (κ3) is 7.48. The Hall–Kier alpha value is -4.34. The molecule has 4 rings (SSSR count). The summed E-state index contributed by atoms with van der Waals surface area (Å²) in [6, 6.07) is 29.8. The van der Waals surface area contributed by atoms with E-state index in [0.717, 1.165) is 9.87 Å². The minimum atomic E-state index is -4.19. The zero-order valence-corrected chi connectivity index (χ0v) is 24.9. The van der Waals surface area contributed by atoms with Gasteiger partial charge in [-0.25, -0.2) is 8.42 Å². The predicted octanol–water partition coefficient (Wildman–Crippen LogP) is 4.93. The first kappa shape index (κ1) is 30.6. The van der Waals surface area contributed by atoms with Gasteiger partial charge in [-0.1, -0.05) is 72.3 Å². The van der Waals surface area contributed by atoms with Gasteiger partial charge in [0.2, 0.25) is 11.8 Å². The minimum absolute atomic E-state index is 0.00604. The van der Waals surface area contributed by atoms with Crippen LogP contribution in [-0.2, 0) is 32.6 Å². The molecule has 4 aromatic rings. The lowest BCUT2D eigenvalue weighted by atomic mass is 10.0. The summed E-state index contributed by atoms with van der Waals surface area (Å²) in [5.74, 6) is -0.433. The number of nitrogens with zero attached hydrogens (tertiary/aromatic N) is 2. The van der Waals surface area contributed by atoms with Crippen LogP contribution in [0.4, 0.5) is 5.69 Å². The fourth-order valence-corrected chi connectivity index (χ4v) is 6.18. The van der Waals surface area contributed by atoms with Crippen molar-refractivity contribution in [1.29, 1.82) is 0 Å². The topological polar surface area (TPSA) is 96.0 Å². The molecule has 2 amide bonds. The number of hydrogen-bond donors (Lipinski definition) is 1. The van der Waals surface area contributed by atoms with Gasteiger partial charge in [-0.3, -0.25) is 13.9 Å². The molecule has 4 aromatic carbocycles. The lowest BCUT2D eigenvalue weighted by Gasteiger charge is -2.33. The third-order valence-electron chi connectivity index (χ3n) is 6.73. The summed E-state index contributed by atoms with van der Waals surface area (Å²) < 4.78 is 34.2. The van der Waals surface area contributed by atoms with Gasteiger partial charge in [0.25, 0.3) is 10.0 Å². The van der Waals surface area contributed by atoms with Crippen LogP contribution in [0.5, 0.6) is 5.75 Å².